The fourth-order valence-corrected chi connectivity index (χ4v) is 4.10. The summed E-state index contributed by atoms with van der Waals surface area (Å²) in [6, 6.07) is 9.13. The van der Waals surface area contributed by atoms with Crippen LogP contribution in [0.5, 0.6) is 0 Å². The van der Waals surface area contributed by atoms with Crippen molar-refractivity contribution in [3.05, 3.63) is 47.3 Å². The quantitative estimate of drug-likeness (QED) is 0.731. The minimum atomic E-state index is -3.80. The second kappa shape index (κ2) is 7.88. The molecule has 2 rings (SSSR count). The number of para-hydroxylation sites is 1. The van der Waals surface area contributed by atoms with E-state index in [-0.39, 0.29) is 15.5 Å². The van der Waals surface area contributed by atoms with Crippen molar-refractivity contribution in [2.75, 3.05) is 11.3 Å². The van der Waals surface area contributed by atoms with E-state index in [2.05, 4.69) is 10.0 Å². The monoisotopic (exact) mass is 396 g/mol. The molecule has 2 aromatic rings. The summed E-state index contributed by atoms with van der Waals surface area (Å²) >= 11 is 1.06. The average molecular weight is 396 g/mol. The van der Waals surface area contributed by atoms with Crippen LogP contribution in [0.4, 0.5) is 5.69 Å². The van der Waals surface area contributed by atoms with E-state index >= 15 is 0 Å². The third-order valence-corrected chi connectivity index (χ3v) is 5.76. The molecule has 140 valence electrons. The molecule has 0 spiro atoms. The van der Waals surface area contributed by atoms with Gasteiger partial charge in [-0.25, -0.2) is 13.2 Å². The lowest BCUT2D eigenvalue weighted by Crippen LogP contribution is -2.42. The first-order valence-electron chi connectivity index (χ1n) is 7.72. The molecular weight excluding hydrogens is 376 g/mol. The van der Waals surface area contributed by atoms with Crippen LogP contribution in [0.15, 0.2) is 46.0 Å². The van der Waals surface area contributed by atoms with E-state index in [4.69, 9.17) is 4.74 Å². The van der Waals surface area contributed by atoms with Crippen LogP contribution >= 0.6 is 11.3 Å². The third kappa shape index (κ3) is 5.57. The van der Waals surface area contributed by atoms with E-state index in [0.29, 0.717) is 0 Å². The molecular formula is C17H20N2O5S2. The number of amides is 1. The van der Waals surface area contributed by atoms with Crippen molar-refractivity contribution in [2.45, 2.75) is 30.5 Å². The second-order valence-corrected chi connectivity index (χ2v) is 9.31. The maximum absolute atomic E-state index is 12.3. The molecule has 1 heterocycles. The lowest BCUT2D eigenvalue weighted by molar-refractivity contribution is -0.125. The number of ether oxygens (including phenoxy) is 1. The Morgan fingerprint density at radius 2 is 1.81 bits per heavy atom. The SMILES string of the molecule is CC(C)(C)NC(=O)COC(=O)c1ccccc1NS(=O)(=O)c1cccs1. The topological polar surface area (TPSA) is 102 Å². The van der Waals surface area contributed by atoms with E-state index in [0.717, 1.165) is 11.3 Å². The van der Waals surface area contributed by atoms with Gasteiger partial charge in [-0.1, -0.05) is 18.2 Å². The standard InChI is InChI=1S/C17H20N2O5S2/c1-17(2,3)18-14(20)11-24-16(21)12-7-4-5-8-13(12)19-26(22,23)15-9-6-10-25-15/h4-10,19H,11H2,1-3H3,(H,18,20). The van der Waals surface area contributed by atoms with Gasteiger partial charge in [0, 0.05) is 5.54 Å². The number of rotatable bonds is 6. The van der Waals surface area contributed by atoms with Crippen molar-refractivity contribution in [1.29, 1.82) is 0 Å². The Morgan fingerprint density at radius 3 is 2.42 bits per heavy atom. The van der Waals surface area contributed by atoms with Crippen molar-refractivity contribution < 1.29 is 22.7 Å². The summed E-state index contributed by atoms with van der Waals surface area (Å²) in [6.07, 6.45) is 0. The molecule has 0 saturated heterocycles. The van der Waals surface area contributed by atoms with Gasteiger partial charge < -0.3 is 10.1 Å². The van der Waals surface area contributed by atoms with Crippen molar-refractivity contribution in [3.8, 4) is 0 Å². The van der Waals surface area contributed by atoms with Crippen molar-refractivity contribution in [2.24, 2.45) is 0 Å². The Kier molecular flexibility index (Phi) is 6.04. The van der Waals surface area contributed by atoms with Crippen LogP contribution in [0.25, 0.3) is 0 Å². The second-order valence-electron chi connectivity index (χ2n) is 6.46. The summed E-state index contributed by atoms with van der Waals surface area (Å²) in [5, 5.41) is 4.31. The number of sulfonamides is 1. The zero-order valence-electron chi connectivity index (χ0n) is 14.6. The molecule has 0 bridgehead atoms. The molecule has 0 atom stereocenters. The van der Waals surface area contributed by atoms with E-state index in [1.807, 2.05) is 0 Å². The van der Waals surface area contributed by atoms with Crippen LogP contribution < -0.4 is 10.0 Å². The van der Waals surface area contributed by atoms with Gasteiger partial charge in [-0.05, 0) is 44.4 Å². The summed E-state index contributed by atoms with van der Waals surface area (Å²) in [5.74, 6) is -1.24. The molecule has 0 aliphatic carbocycles. The van der Waals surface area contributed by atoms with Gasteiger partial charge in [0.2, 0.25) is 0 Å². The number of anilines is 1. The molecule has 1 amide bonds. The Bertz CT molecular complexity index is 884. The van der Waals surface area contributed by atoms with Crippen LogP contribution in [-0.2, 0) is 19.6 Å². The molecule has 2 N–H and O–H groups in total. The highest BCUT2D eigenvalue weighted by Gasteiger charge is 2.21. The first-order valence-corrected chi connectivity index (χ1v) is 10.1. The van der Waals surface area contributed by atoms with Crippen LogP contribution in [0.3, 0.4) is 0 Å². The molecule has 7 nitrogen and oxygen atoms in total. The Hall–Kier alpha value is -2.39. The van der Waals surface area contributed by atoms with Gasteiger partial charge in [0.15, 0.2) is 6.61 Å². The van der Waals surface area contributed by atoms with Gasteiger partial charge in [-0.3, -0.25) is 9.52 Å². The highest BCUT2D eigenvalue weighted by molar-refractivity contribution is 7.94. The van der Waals surface area contributed by atoms with E-state index in [1.54, 1.807) is 44.4 Å². The van der Waals surface area contributed by atoms with E-state index in [9.17, 15) is 18.0 Å². The summed E-state index contributed by atoms with van der Waals surface area (Å²) in [7, 11) is -3.80. The number of esters is 1. The number of hydrogen-bond acceptors (Lipinski definition) is 6. The molecule has 0 aliphatic rings. The normalized spacial score (nSPS) is 11.7. The van der Waals surface area contributed by atoms with Gasteiger partial charge in [0.1, 0.15) is 4.21 Å². The summed E-state index contributed by atoms with van der Waals surface area (Å²) in [5.41, 5.74) is -0.337. The molecule has 0 aliphatic heterocycles. The smallest absolute Gasteiger partial charge is 0.340 e. The molecule has 0 saturated carbocycles. The van der Waals surface area contributed by atoms with Crippen LogP contribution in [0.1, 0.15) is 31.1 Å². The molecule has 1 aromatic carbocycles. The summed E-state index contributed by atoms with van der Waals surface area (Å²) in [6.45, 7) is 4.96. The summed E-state index contributed by atoms with van der Waals surface area (Å²) in [4.78, 5) is 24.0. The predicted octanol–water partition coefficient (Wildman–Crippen LogP) is 2.62. The Labute approximate surface area is 156 Å². The van der Waals surface area contributed by atoms with Gasteiger partial charge in [-0.2, -0.15) is 0 Å². The average Bonchev–Trinajstić information content (AvgIpc) is 3.06. The van der Waals surface area contributed by atoms with Crippen LogP contribution in [-0.4, -0.2) is 32.4 Å². The Balaban J connectivity index is 2.11. The molecule has 0 radical (unpaired) electrons. The fraction of sp³-hybridized carbons (Fsp3) is 0.294. The maximum atomic E-state index is 12.3. The number of carbonyl (C=O) groups is 2. The fourth-order valence-electron chi connectivity index (χ4n) is 2.02. The number of carbonyl (C=O) groups excluding carboxylic acids is 2. The van der Waals surface area contributed by atoms with Crippen molar-refractivity contribution in [1.82, 2.24) is 5.32 Å². The zero-order valence-corrected chi connectivity index (χ0v) is 16.2. The van der Waals surface area contributed by atoms with E-state index in [1.165, 1.54) is 18.2 Å². The third-order valence-electron chi connectivity index (χ3n) is 3.00. The lowest BCUT2D eigenvalue weighted by Gasteiger charge is -2.20. The number of nitrogens with one attached hydrogen (secondary N) is 2. The van der Waals surface area contributed by atoms with Crippen LogP contribution in [0, 0.1) is 0 Å². The number of hydrogen-bond donors (Lipinski definition) is 2. The summed E-state index contributed by atoms with van der Waals surface area (Å²) < 4.78 is 32.2. The highest BCUT2D eigenvalue weighted by Crippen LogP contribution is 2.23. The zero-order chi connectivity index (χ0) is 19.4. The van der Waals surface area contributed by atoms with Crippen molar-refractivity contribution in [3.63, 3.8) is 0 Å². The number of thiophene rings is 1. The van der Waals surface area contributed by atoms with E-state index < -0.39 is 34.0 Å². The molecule has 0 unspecified atom stereocenters. The minimum Gasteiger partial charge on any atom is -0.452 e. The molecule has 26 heavy (non-hydrogen) atoms. The first-order chi connectivity index (χ1) is 12.1. The largest absolute Gasteiger partial charge is 0.452 e. The van der Waals surface area contributed by atoms with Crippen LogP contribution in [0.2, 0.25) is 0 Å². The maximum Gasteiger partial charge on any atom is 0.340 e. The molecule has 0 fully saturated rings. The number of benzene rings is 1. The molecule has 1 aromatic heterocycles. The minimum absolute atomic E-state index is 0.0242. The lowest BCUT2D eigenvalue weighted by atomic mass is 10.1. The van der Waals surface area contributed by atoms with Gasteiger partial charge >= 0.3 is 5.97 Å². The van der Waals surface area contributed by atoms with Gasteiger partial charge in [0.25, 0.3) is 15.9 Å². The predicted molar refractivity (Wildman–Crippen MR) is 99.7 cm³/mol. The molecule has 9 heteroatoms. The van der Waals surface area contributed by atoms with Crippen molar-refractivity contribution >= 4 is 38.9 Å². The Morgan fingerprint density at radius 1 is 1.12 bits per heavy atom. The van der Waals surface area contributed by atoms with Gasteiger partial charge in [0.05, 0.1) is 11.3 Å². The highest BCUT2D eigenvalue weighted by atomic mass is 32.2. The van der Waals surface area contributed by atoms with Gasteiger partial charge in [-0.15, -0.1) is 11.3 Å². The first kappa shape index (κ1) is 19.9.